The molecule has 0 aliphatic heterocycles. The monoisotopic (exact) mass is 246 g/mol. The van der Waals surface area contributed by atoms with Gasteiger partial charge in [0.15, 0.2) is 5.06 Å². The van der Waals surface area contributed by atoms with Gasteiger partial charge in [-0.3, -0.25) is 0 Å². The standard InChI is InChI=1S/C11H10N4OS/c1-6-3-7(11(16-2)17-6)10-14-8-4-12-13-5-9(8)15-10/h3-5H,1-2H3,(H,14,15). The van der Waals surface area contributed by atoms with Crippen LogP contribution in [0.25, 0.3) is 22.4 Å². The minimum absolute atomic E-state index is 0.788. The Labute approximate surface area is 101 Å². The Morgan fingerprint density at radius 1 is 1.29 bits per heavy atom. The van der Waals surface area contributed by atoms with E-state index in [0.717, 1.165) is 27.5 Å². The average Bonchev–Trinajstić information content (AvgIpc) is 2.91. The molecule has 0 radical (unpaired) electrons. The molecule has 0 unspecified atom stereocenters. The van der Waals surface area contributed by atoms with Crippen molar-refractivity contribution in [2.75, 3.05) is 7.11 Å². The van der Waals surface area contributed by atoms with Crippen molar-refractivity contribution in [2.45, 2.75) is 6.92 Å². The first-order valence-electron chi connectivity index (χ1n) is 5.09. The van der Waals surface area contributed by atoms with Gasteiger partial charge in [0.05, 0.1) is 30.6 Å². The summed E-state index contributed by atoms with van der Waals surface area (Å²) in [7, 11) is 1.67. The number of aromatic nitrogens is 4. The number of fused-ring (bicyclic) bond motifs is 1. The van der Waals surface area contributed by atoms with E-state index in [2.05, 4.69) is 26.2 Å². The highest BCUT2D eigenvalue weighted by atomic mass is 32.1. The van der Waals surface area contributed by atoms with E-state index in [4.69, 9.17) is 4.74 Å². The zero-order valence-corrected chi connectivity index (χ0v) is 10.2. The van der Waals surface area contributed by atoms with Gasteiger partial charge in [-0.15, -0.1) is 11.3 Å². The number of hydrogen-bond acceptors (Lipinski definition) is 5. The number of nitrogens with one attached hydrogen (secondary N) is 1. The van der Waals surface area contributed by atoms with Crippen LogP contribution in [0.3, 0.4) is 0 Å². The number of thiophene rings is 1. The van der Waals surface area contributed by atoms with Gasteiger partial charge in [-0.2, -0.15) is 10.2 Å². The smallest absolute Gasteiger partial charge is 0.184 e. The minimum atomic E-state index is 0.788. The predicted octanol–water partition coefficient (Wildman–Crippen LogP) is 2.40. The first kappa shape index (κ1) is 10.2. The van der Waals surface area contributed by atoms with Crippen LogP contribution < -0.4 is 4.74 Å². The van der Waals surface area contributed by atoms with Crippen molar-refractivity contribution >= 4 is 22.4 Å². The second-order valence-electron chi connectivity index (χ2n) is 3.64. The van der Waals surface area contributed by atoms with Gasteiger partial charge in [0, 0.05) is 4.88 Å². The molecule has 1 N–H and O–H groups in total. The Morgan fingerprint density at radius 2 is 2.12 bits per heavy atom. The van der Waals surface area contributed by atoms with E-state index >= 15 is 0 Å². The van der Waals surface area contributed by atoms with Gasteiger partial charge < -0.3 is 9.72 Å². The quantitative estimate of drug-likeness (QED) is 0.754. The molecular formula is C11H10N4OS. The number of aryl methyl sites for hydroxylation is 1. The zero-order chi connectivity index (χ0) is 11.8. The van der Waals surface area contributed by atoms with Gasteiger partial charge in [0.2, 0.25) is 0 Å². The summed E-state index contributed by atoms with van der Waals surface area (Å²) >= 11 is 1.61. The van der Waals surface area contributed by atoms with E-state index in [-0.39, 0.29) is 0 Å². The van der Waals surface area contributed by atoms with Crippen LogP contribution >= 0.6 is 11.3 Å². The van der Waals surface area contributed by atoms with Gasteiger partial charge in [-0.05, 0) is 13.0 Å². The molecule has 0 atom stereocenters. The molecule has 86 valence electrons. The summed E-state index contributed by atoms with van der Waals surface area (Å²) < 4.78 is 5.34. The summed E-state index contributed by atoms with van der Waals surface area (Å²) in [6.45, 7) is 2.04. The molecule has 0 aliphatic rings. The van der Waals surface area contributed by atoms with Crippen molar-refractivity contribution < 1.29 is 4.74 Å². The Bertz CT molecular complexity index is 640. The van der Waals surface area contributed by atoms with Crippen molar-refractivity contribution in [3.8, 4) is 16.5 Å². The van der Waals surface area contributed by atoms with Gasteiger partial charge in [0.1, 0.15) is 11.3 Å². The Balaban J connectivity index is 2.19. The third-order valence-corrected chi connectivity index (χ3v) is 3.47. The fraction of sp³-hybridized carbons (Fsp3) is 0.182. The lowest BCUT2D eigenvalue weighted by atomic mass is 10.3. The molecule has 3 aromatic rings. The third-order valence-electron chi connectivity index (χ3n) is 2.46. The number of methoxy groups -OCH3 is 1. The number of hydrogen-bond donors (Lipinski definition) is 1. The highest BCUT2D eigenvalue weighted by Gasteiger charge is 2.13. The molecule has 0 saturated heterocycles. The van der Waals surface area contributed by atoms with Gasteiger partial charge >= 0.3 is 0 Å². The Hall–Kier alpha value is -1.95. The molecule has 3 heterocycles. The number of imidazole rings is 1. The maximum absolute atomic E-state index is 5.34. The fourth-order valence-electron chi connectivity index (χ4n) is 1.71. The summed E-state index contributed by atoms with van der Waals surface area (Å²) in [5, 5.41) is 8.49. The zero-order valence-electron chi connectivity index (χ0n) is 9.39. The van der Waals surface area contributed by atoms with Crippen LogP contribution in [0.15, 0.2) is 18.5 Å². The van der Waals surface area contributed by atoms with E-state index < -0.39 is 0 Å². The average molecular weight is 246 g/mol. The number of nitrogens with zero attached hydrogens (tertiary/aromatic N) is 3. The minimum Gasteiger partial charge on any atom is -0.487 e. The molecule has 0 saturated carbocycles. The lowest BCUT2D eigenvalue weighted by Crippen LogP contribution is -1.83. The molecule has 5 nitrogen and oxygen atoms in total. The molecule has 17 heavy (non-hydrogen) atoms. The number of ether oxygens (including phenoxy) is 1. The molecular weight excluding hydrogens is 236 g/mol. The second kappa shape index (κ2) is 3.81. The maximum atomic E-state index is 5.34. The molecule has 0 spiro atoms. The van der Waals surface area contributed by atoms with Crippen LogP contribution in [0.4, 0.5) is 0 Å². The van der Waals surface area contributed by atoms with Crippen molar-refractivity contribution in [3.05, 3.63) is 23.3 Å². The first-order chi connectivity index (χ1) is 8.28. The molecule has 0 aliphatic carbocycles. The fourth-order valence-corrected chi connectivity index (χ4v) is 2.53. The van der Waals surface area contributed by atoms with Gasteiger partial charge in [-0.25, -0.2) is 4.98 Å². The highest BCUT2D eigenvalue weighted by Crippen LogP contribution is 2.36. The molecule has 6 heteroatoms. The largest absolute Gasteiger partial charge is 0.487 e. The SMILES string of the molecule is COc1sc(C)cc1-c1nc2cnncc2[nH]1. The maximum Gasteiger partial charge on any atom is 0.184 e. The molecule has 0 aromatic carbocycles. The van der Waals surface area contributed by atoms with Crippen LogP contribution in [0.2, 0.25) is 0 Å². The van der Waals surface area contributed by atoms with Crippen molar-refractivity contribution in [1.29, 1.82) is 0 Å². The highest BCUT2D eigenvalue weighted by molar-refractivity contribution is 7.14. The summed E-state index contributed by atoms with van der Waals surface area (Å²) in [4.78, 5) is 8.87. The van der Waals surface area contributed by atoms with E-state index in [1.165, 1.54) is 4.88 Å². The van der Waals surface area contributed by atoms with Crippen LogP contribution in [-0.4, -0.2) is 27.3 Å². The van der Waals surface area contributed by atoms with E-state index in [0.29, 0.717) is 0 Å². The van der Waals surface area contributed by atoms with Crippen LogP contribution in [0, 0.1) is 6.92 Å². The summed E-state index contributed by atoms with van der Waals surface area (Å²) in [5.41, 5.74) is 2.66. The summed E-state index contributed by atoms with van der Waals surface area (Å²) in [6, 6.07) is 2.06. The van der Waals surface area contributed by atoms with Crippen LogP contribution in [0.1, 0.15) is 4.88 Å². The lowest BCUT2D eigenvalue weighted by Gasteiger charge is -1.97. The Kier molecular flexibility index (Phi) is 2.29. The number of H-pyrrole nitrogens is 1. The topological polar surface area (TPSA) is 63.7 Å². The first-order valence-corrected chi connectivity index (χ1v) is 5.91. The molecule has 0 amide bonds. The molecule has 0 bridgehead atoms. The summed E-state index contributed by atoms with van der Waals surface area (Å²) in [5.74, 6) is 0.788. The van der Waals surface area contributed by atoms with Crippen LogP contribution in [-0.2, 0) is 0 Å². The molecule has 3 rings (SSSR count). The number of rotatable bonds is 2. The molecule has 0 fully saturated rings. The van der Waals surface area contributed by atoms with Gasteiger partial charge in [-0.1, -0.05) is 0 Å². The second-order valence-corrected chi connectivity index (χ2v) is 4.85. The van der Waals surface area contributed by atoms with E-state index in [1.807, 2.05) is 6.92 Å². The number of aromatic amines is 1. The van der Waals surface area contributed by atoms with E-state index in [1.54, 1.807) is 30.8 Å². The van der Waals surface area contributed by atoms with Crippen molar-refractivity contribution in [2.24, 2.45) is 0 Å². The van der Waals surface area contributed by atoms with Crippen molar-refractivity contribution in [3.63, 3.8) is 0 Å². The van der Waals surface area contributed by atoms with E-state index in [9.17, 15) is 0 Å². The summed E-state index contributed by atoms with van der Waals surface area (Å²) in [6.07, 6.45) is 3.30. The lowest BCUT2D eigenvalue weighted by molar-refractivity contribution is 0.428. The van der Waals surface area contributed by atoms with Crippen molar-refractivity contribution in [1.82, 2.24) is 20.2 Å². The van der Waals surface area contributed by atoms with Gasteiger partial charge in [0.25, 0.3) is 0 Å². The molecule has 3 aromatic heterocycles. The normalized spacial score (nSPS) is 10.9. The predicted molar refractivity (Wildman–Crippen MR) is 66.3 cm³/mol. The van der Waals surface area contributed by atoms with Crippen LogP contribution in [0.5, 0.6) is 5.06 Å². The Morgan fingerprint density at radius 3 is 2.88 bits per heavy atom. The third kappa shape index (κ3) is 1.66.